The summed E-state index contributed by atoms with van der Waals surface area (Å²) in [5.41, 5.74) is -0.0390. The van der Waals surface area contributed by atoms with Crippen molar-refractivity contribution in [2.45, 2.75) is 18.9 Å². The van der Waals surface area contributed by atoms with Crippen molar-refractivity contribution in [3.63, 3.8) is 0 Å². The number of aromatic nitrogens is 2. The van der Waals surface area contributed by atoms with Gasteiger partial charge < -0.3 is 14.7 Å². The summed E-state index contributed by atoms with van der Waals surface area (Å²) in [7, 11) is 2.07. The highest BCUT2D eigenvalue weighted by Crippen LogP contribution is 2.14. The van der Waals surface area contributed by atoms with Gasteiger partial charge in [0.25, 0.3) is 0 Å². The van der Waals surface area contributed by atoms with Crippen LogP contribution in [0.2, 0.25) is 0 Å². The summed E-state index contributed by atoms with van der Waals surface area (Å²) in [6, 6.07) is 1.50. The first-order valence-electron chi connectivity index (χ1n) is 5.56. The van der Waals surface area contributed by atoms with Gasteiger partial charge in [0, 0.05) is 19.3 Å². The van der Waals surface area contributed by atoms with Crippen LogP contribution < -0.4 is 4.74 Å². The van der Waals surface area contributed by atoms with Crippen molar-refractivity contribution in [3.8, 4) is 6.01 Å². The predicted molar refractivity (Wildman–Crippen MR) is 60.1 cm³/mol. The van der Waals surface area contributed by atoms with Gasteiger partial charge in [0.05, 0.1) is 0 Å². The molecule has 2 rings (SSSR count). The topological polar surface area (TPSA) is 75.5 Å². The lowest BCUT2D eigenvalue weighted by molar-refractivity contribution is 0.0683. The summed E-state index contributed by atoms with van der Waals surface area (Å²) >= 11 is 0. The zero-order valence-electron chi connectivity index (χ0n) is 9.67. The Bertz CT molecular complexity index is 403. The molecular weight excluding hydrogens is 222 g/mol. The van der Waals surface area contributed by atoms with Crippen LogP contribution in [0.5, 0.6) is 6.01 Å². The van der Waals surface area contributed by atoms with Gasteiger partial charge in [0.2, 0.25) is 0 Å². The van der Waals surface area contributed by atoms with E-state index in [2.05, 4.69) is 21.9 Å². The van der Waals surface area contributed by atoms with Gasteiger partial charge in [-0.2, -0.15) is 4.98 Å². The zero-order valence-corrected chi connectivity index (χ0v) is 9.67. The Morgan fingerprint density at radius 1 is 1.53 bits per heavy atom. The van der Waals surface area contributed by atoms with Crippen molar-refractivity contribution < 1.29 is 14.6 Å². The molecule has 0 radical (unpaired) electrons. The van der Waals surface area contributed by atoms with Crippen LogP contribution >= 0.6 is 0 Å². The molecule has 1 saturated heterocycles. The van der Waals surface area contributed by atoms with Crippen molar-refractivity contribution in [3.05, 3.63) is 18.0 Å². The summed E-state index contributed by atoms with van der Waals surface area (Å²) in [6.07, 6.45) is 3.31. The molecule has 0 bridgehead atoms. The van der Waals surface area contributed by atoms with Crippen molar-refractivity contribution in [1.29, 1.82) is 0 Å². The molecule has 0 atom stereocenters. The molecule has 1 fully saturated rings. The molecular formula is C11H15N3O3. The number of hydrogen-bond donors (Lipinski definition) is 1. The Balaban J connectivity index is 1.98. The molecule has 0 unspecified atom stereocenters. The van der Waals surface area contributed by atoms with Gasteiger partial charge in [0.15, 0.2) is 5.69 Å². The molecule has 92 valence electrons. The Kier molecular flexibility index (Phi) is 3.53. The predicted octanol–water partition coefficient (Wildman–Crippen LogP) is 0.648. The Morgan fingerprint density at radius 2 is 2.24 bits per heavy atom. The first-order chi connectivity index (χ1) is 8.15. The smallest absolute Gasteiger partial charge is 0.354 e. The van der Waals surface area contributed by atoms with E-state index in [1.54, 1.807) is 0 Å². The number of aromatic carboxylic acids is 1. The maximum Gasteiger partial charge on any atom is 0.354 e. The minimum absolute atomic E-state index is 0.0390. The van der Waals surface area contributed by atoms with Gasteiger partial charge in [-0.1, -0.05) is 0 Å². The minimum Gasteiger partial charge on any atom is -0.477 e. The molecule has 1 aromatic rings. The van der Waals surface area contributed by atoms with Gasteiger partial charge >= 0.3 is 12.0 Å². The highest BCUT2D eigenvalue weighted by atomic mass is 16.5. The van der Waals surface area contributed by atoms with Crippen LogP contribution in [-0.2, 0) is 0 Å². The fourth-order valence-corrected chi connectivity index (χ4v) is 1.77. The molecule has 0 spiro atoms. The molecule has 1 aliphatic heterocycles. The third-order valence-corrected chi connectivity index (χ3v) is 2.79. The fourth-order valence-electron chi connectivity index (χ4n) is 1.77. The van der Waals surface area contributed by atoms with Gasteiger partial charge in [-0.15, -0.1) is 0 Å². The van der Waals surface area contributed by atoms with Crippen LogP contribution in [0.4, 0.5) is 0 Å². The van der Waals surface area contributed by atoms with Crippen LogP contribution in [0.25, 0.3) is 0 Å². The summed E-state index contributed by atoms with van der Waals surface area (Å²) in [6.45, 7) is 1.95. The fraction of sp³-hybridized carbons (Fsp3) is 0.545. The molecule has 6 nitrogen and oxygen atoms in total. The number of nitrogens with zero attached hydrogens (tertiary/aromatic N) is 3. The Morgan fingerprint density at radius 3 is 2.88 bits per heavy atom. The number of piperidine rings is 1. The quantitative estimate of drug-likeness (QED) is 0.831. The van der Waals surface area contributed by atoms with Gasteiger partial charge in [-0.05, 0) is 26.0 Å². The van der Waals surface area contributed by atoms with Gasteiger partial charge in [-0.3, -0.25) is 0 Å². The number of rotatable bonds is 3. The first-order valence-corrected chi connectivity index (χ1v) is 5.56. The lowest BCUT2D eigenvalue weighted by Gasteiger charge is -2.28. The second-order valence-corrected chi connectivity index (χ2v) is 4.15. The summed E-state index contributed by atoms with van der Waals surface area (Å²) in [5, 5.41) is 8.80. The zero-order chi connectivity index (χ0) is 12.3. The number of carboxylic acids is 1. The average Bonchev–Trinajstić information content (AvgIpc) is 2.32. The number of carboxylic acid groups (broad SMARTS) is 1. The van der Waals surface area contributed by atoms with Gasteiger partial charge in [0.1, 0.15) is 6.10 Å². The molecule has 0 aromatic carbocycles. The third kappa shape index (κ3) is 3.13. The number of hydrogen-bond acceptors (Lipinski definition) is 5. The average molecular weight is 237 g/mol. The molecule has 0 saturated carbocycles. The maximum absolute atomic E-state index is 10.7. The van der Waals surface area contributed by atoms with E-state index >= 15 is 0 Å². The second-order valence-electron chi connectivity index (χ2n) is 4.15. The molecule has 0 aliphatic carbocycles. The molecule has 0 amide bonds. The van der Waals surface area contributed by atoms with E-state index < -0.39 is 5.97 Å². The molecule has 1 aliphatic rings. The van der Waals surface area contributed by atoms with E-state index in [0.29, 0.717) is 0 Å². The van der Waals surface area contributed by atoms with Crippen molar-refractivity contribution in [2.75, 3.05) is 20.1 Å². The molecule has 1 N–H and O–H groups in total. The first kappa shape index (κ1) is 11.8. The van der Waals surface area contributed by atoms with Crippen molar-refractivity contribution in [2.24, 2.45) is 0 Å². The highest BCUT2D eigenvalue weighted by molar-refractivity contribution is 5.85. The van der Waals surface area contributed by atoms with E-state index in [1.807, 2.05) is 0 Å². The summed E-state index contributed by atoms with van der Waals surface area (Å²) in [4.78, 5) is 20.7. The number of likely N-dealkylation sites (tertiary alicyclic amines) is 1. The SMILES string of the molecule is CN1CCC(Oc2nccc(C(=O)O)n2)CC1. The molecule has 6 heteroatoms. The van der Waals surface area contributed by atoms with Crippen molar-refractivity contribution >= 4 is 5.97 Å². The largest absolute Gasteiger partial charge is 0.477 e. The highest BCUT2D eigenvalue weighted by Gasteiger charge is 2.19. The molecule has 17 heavy (non-hydrogen) atoms. The molecule has 2 heterocycles. The van der Waals surface area contributed by atoms with E-state index in [4.69, 9.17) is 9.84 Å². The summed E-state index contributed by atoms with van der Waals surface area (Å²) < 4.78 is 5.58. The second kappa shape index (κ2) is 5.09. The number of ether oxygens (including phenoxy) is 1. The standard InChI is InChI=1S/C11H15N3O3/c1-14-6-3-8(4-7-14)17-11-12-5-2-9(13-11)10(15)16/h2,5,8H,3-4,6-7H2,1H3,(H,15,16). The van der Waals surface area contributed by atoms with E-state index in [1.165, 1.54) is 12.3 Å². The minimum atomic E-state index is -1.07. The van der Waals surface area contributed by atoms with Gasteiger partial charge in [-0.25, -0.2) is 9.78 Å². The molecule has 1 aromatic heterocycles. The van der Waals surface area contributed by atoms with Crippen LogP contribution in [0.1, 0.15) is 23.3 Å². The lowest BCUT2D eigenvalue weighted by atomic mass is 10.1. The maximum atomic E-state index is 10.7. The van der Waals surface area contributed by atoms with E-state index in [0.717, 1.165) is 25.9 Å². The van der Waals surface area contributed by atoms with E-state index in [9.17, 15) is 4.79 Å². The van der Waals surface area contributed by atoms with Crippen LogP contribution in [-0.4, -0.2) is 52.2 Å². The van der Waals surface area contributed by atoms with Crippen LogP contribution in [0.15, 0.2) is 12.3 Å². The third-order valence-electron chi connectivity index (χ3n) is 2.79. The lowest BCUT2D eigenvalue weighted by Crippen LogP contribution is -2.36. The Hall–Kier alpha value is -1.69. The number of carbonyl (C=O) groups is 1. The monoisotopic (exact) mass is 237 g/mol. The Labute approximate surface area is 99.2 Å². The van der Waals surface area contributed by atoms with E-state index in [-0.39, 0.29) is 17.8 Å². The van der Waals surface area contributed by atoms with Crippen LogP contribution in [0.3, 0.4) is 0 Å². The van der Waals surface area contributed by atoms with Crippen LogP contribution in [0, 0.1) is 0 Å². The normalized spacial score (nSPS) is 17.9. The summed E-state index contributed by atoms with van der Waals surface area (Å²) in [5.74, 6) is -1.07. The van der Waals surface area contributed by atoms with Crippen molar-refractivity contribution in [1.82, 2.24) is 14.9 Å².